The minimum Gasteiger partial charge on any atom is -0.238 e. The van der Waals surface area contributed by atoms with Crippen LogP contribution in [0, 0.1) is 0 Å². The van der Waals surface area contributed by atoms with E-state index >= 15 is 0 Å². The first-order valence-corrected chi connectivity index (χ1v) is 5.31. The maximum Gasteiger partial charge on any atom is 0.143 e. The quantitative estimate of drug-likeness (QED) is 0.469. The van der Waals surface area contributed by atoms with Gasteiger partial charge in [-0.25, -0.2) is 4.39 Å². The molecule has 0 aliphatic rings. The molecule has 0 nitrogen and oxygen atoms in total. The monoisotopic (exact) mass is 204 g/mol. The van der Waals surface area contributed by atoms with Crippen LogP contribution in [-0.2, 0) is 0 Å². The summed E-state index contributed by atoms with van der Waals surface area (Å²) >= 11 is 0. The normalized spacial score (nSPS) is 12.9. The smallest absolute Gasteiger partial charge is 0.143 e. The van der Waals surface area contributed by atoms with Gasteiger partial charge < -0.3 is 0 Å². The van der Waals surface area contributed by atoms with E-state index in [2.05, 4.69) is 6.58 Å². The van der Waals surface area contributed by atoms with Gasteiger partial charge in [0, 0.05) is 0 Å². The van der Waals surface area contributed by atoms with Crippen LogP contribution < -0.4 is 0 Å². The summed E-state index contributed by atoms with van der Waals surface area (Å²) in [5.41, 5.74) is 0.720. The summed E-state index contributed by atoms with van der Waals surface area (Å²) in [6, 6.07) is 9.21. The summed E-state index contributed by atoms with van der Waals surface area (Å²) in [7, 11) is 0. The molecule has 1 unspecified atom stereocenters. The third kappa shape index (κ3) is 4.59. The molecule has 1 rings (SSSR count). The molecule has 0 saturated heterocycles. The Balaban J connectivity index is 2.35. The van der Waals surface area contributed by atoms with Crippen molar-refractivity contribution in [1.82, 2.24) is 0 Å². The third-order valence-corrected chi connectivity index (χ3v) is 2.20. The summed E-state index contributed by atoms with van der Waals surface area (Å²) in [5.74, 6) is 0. The van der Waals surface area contributed by atoms with Crippen molar-refractivity contribution in [2.45, 2.75) is 25.4 Å². The lowest BCUT2D eigenvalue weighted by atomic mass is 10.1. The van der Waals surface area contributed by atoms with E-state index < -0.39 is 6.17 Å². The van der Waals surface area contributed by atoms with E-state index in [0.717, 1.165) is 24.8 Å². The predicted octanol–water partition coefficient (Wildman–Crippen LogP) is 4.61. The van der Waals surface area contributed by atoms with Gasteiger partial charge in [-0.15, -0.1) is 6.58 Å². The molecule has 0 amide bonds. The lowest BCUT2D eigenvalue weighted by Crippen LogP contribution is -1.85. The number of rotatable bonds is 6. The highest BCUT2D eigenvalue weighted by Crippen LogP contribution is 2.18. The first-order chi connectivity index (χ1) is 7.34. The Morgan fingerprint density at radius 3 is 2.60 bits per heavy atom. The SMILES string of the molecule is C=CCCCC=CC(F)c1ccccc1. The van der Waals surface area contributed by atoms with E-state index in [1.165, 1.54) is 0 Å². The molecule has 0 heterocycles. The number of unbranched alkanes of at least 4 members (excludes halogenated alkanes) is 2. The standard InChI is InChI=1S/C14H17F/c1-2-3-4-5-9-12-14(15)13-10-7-6-8-11-13/h2,6-12,14H,1,3-5H2. The van der Waals surface area contributed by atoms with Gasteiger partial charge in [0.2, 0.25) is 0 Å². The number of alkyl halides is 1. The molecule has 1 aromatic carbocycles. The molecule has 0 aliphatic carbocycles. The number of allylic oxidation sites excluding steroid dienone is 3. The molecule has 1 aromatic rings. The van der Waals surface area contributed by atoms with Crippen LogP contribution in [0.2, 0.25) is 0 Å². The Kier molecular flexibility index (Phi) is 5.46. The largest absolute Gasteiger partial charge is 0.238 e. The van der Waals surface area contributed by atoms with Gasteiger partial charge in [-0.3, -0.25) is 0 Å². The fourth-order valence-corrected chi connectivity index (χ4v) is 1.34. The van der Waals surface area contributed by atoms with Gasteiger partial charge >= 0.3 is 0 Å². The van der Waals surface area contributed by atoms with Crippen molar-refractivity contribution in [3.8, 4) is 0 Å². The third-order valence-electron chi connectivity index (χ3n) is 2.20. The molecule has 15 heavy (non-hydrogen) atoms. The molecule has 0 spiro atoms. The molecule has 1 atom stereocenters. The average molecular weight is 204 g/mol. The zero-order valence-corrected chi connectivity index (χ0v) is 8.90. The Morgan fingerprint density at radius 2 is 1.93 bits per heavy atom. The fraction of sp³-hybridized carbons (Fsp3) is 0.286. The Labute approximate surface area is 91.1 Å². The summed E-state index contributed by atoms with van der Waals surface area (Å²) < 4.78 is 13.5. The van der Waals surface area contributed by atoms with Crippen molar-refractivity contribution in [3.63, 3.8) is 0 Å². The second-order valence-electron chi connectivity index (χ2n) is 3.46. The highest BCUT2D eigenvalue weighted by molar-refractivity contribution is 5.20. The van der Waals surface area contributed by atoms with Gasteiger partial charge in [0.1, 0.15) is 6.17 Å². The Morgan fingerprint density at radius 1 is 1.20 bits per heavy atom. The van der Waals surface area contributed by atoms with Crippen molar-refractivity contribution in [1.29, 1.82) is 0 Å². The summed E-state index contributed by atoms with van der Waals surface area (Å²) in [6.45, 7) is 3.64. The van der Waals surface area contributed by atoms with Gasteiger partial charge in [-0.2, -0.15) is 0 Å². The van der Waals surface area contributed by atoms with E-state index in [1.54, 1.807) is 18.2 Å². The number of hydrogen-bond donors (Lipinski definition) is 0. The highest BCUT2D eigenvalue weighted by Gasteiger charge is 2.02. The maximum absolute atomic E-state index is 13.5. The van der Waals surface area contributed by atoms with Gasteiger partial charge in [0.05, 0.1) is 0 Å². The molecule has 0 fully saturated rings. The number of benzene rings is 1. The molecule has 1 heteroatoms. The van der Waals surface area contributed by atoms with Crippen LogP contribution in [-0.4, -0.2) is 0 Å². The first kappa shape index (κ1) is 11.7. The van der Waals surface area contributed by atoms with Crippen molar-refractivity contribution in [2.24, 2.45) is 0 Å². The molecule has 0 saturated carbocycles. The van der Waals surface area contributed by atoms with Crippen LogP contribution in [0.15, 0.2) is 55.1 Å². The van der Waals surface area contributed by atoms with E-state index in [0.29, 0.717) is 0 Å². The predicted molar refractivity (Wildman–Crippen MR) is 63.5 cm³/mol. The van der Waals surface area contributed by atoms with E-state index in [1.807, 2.05) is 30.4 Å². The van der Waals surface area contributed by atoms with Crippen LogP contribution in [0.3, 0.4) is 0 Å². The molecule has 0 bridgehead atoms. The molecular formula is C14H17F. The highest BCUT2D eigenvalue weighted by atomic mass is 19.1. The van der Waals surface area contributed by atoms with Gasteiger partial charge in [0.25, 0.3) is 0 Å². The van der Waals surface area contributed by atoms with Crippen LogP contribution in [0.5, 0.6) is 0 Å². The number of halogens is 1. The summed E-state index contributed by atoms with van der Waals surface area (Å²) in [4.78, 5) is 0. The summed E-state index contributed by atoms with van der Waals surface area (Å²) in [6.07, 6.45) is 7.39. The second-order valence-corrected chi connectivity index (χ2v) is 3.46. The van der Waals surface area contributed by atoms with Gasteiger partial charge in [-0.05, 0) is 24.8 Å². The summed E-state index contributed by atoms with van der Waals surface area (Å²) in [5, 5.41) is 0. The lowest BCUT2D eigenvalue weighted by molar-refractivity contribution is 0.413. The van der Waals surface area contributed by atoms with E-state index in [9.17, 15) is 4.39 Å². The molecule has 0 radical (unpaired) electrons. The Hall–Kier alpha value is -1.37. The molecule has 0 aromatic heterocycles. The van der Waals surface area contributed by atoms with Gasteiger partial charge in [-0.1, -0.05) is 48.6 Å². The minimum atomic E-state index is -0.977. The number of hydrogen-bond acceptors (Lipinski definition) is 0. The lowest BCUT2D eigenvalue weighted by Gasteiger charge is -2.01. The van der Waals surface area contributed by atoms with Crippen molar-refractivity contribution in [3.05, 3.63) is 60.7 Å². The van der Waals surface area contributed by atoms with E-state index in [4.69, 9.17) is 0 Å². The van der Waals surface area contributed by atoms with E-state index in [-0.39, 0.29) is 0 Å². The maximum atomic E-state index is 13.5. The minimum absolute atomic E-state index is 0.720. The first-order valence-electron chi connectivity index (χ1n) is 5.31. The Bertz CT molecular complexity index is 300. The molecular weight excluding hydrogens is 187 g/mol. The molecule has 0 N–H and O–H groups in total. The van der Waals surface area contributed by atoms with Crippen LogP contribution >= 0.6 is 0 Å². The molecule has 80 valence electrons. The van der Waals surface area contributed by atoms with Crippen molar-refractivity contribution in [2.75, 3.05) is 0 Å². The zero-order chi connectivity index (χ0) is 10.9. The fourth-order valence-electron chi connectivity index (χ4n) is 1.34. The van der Waals surface area contributed by atoms with Crippen LogP contribution in [0.1, 0.15) is 31.0 Å². The van der Waals surface area contributed by atoms with Crippen molar-refractivity contribution < 1.29 is 4.39 Å². The van der Waals surface area contributed by atoms with Gasteiger partial charge in [0.15, 0.2) is 0 Å². The topological polar surface area (TPSA) is 0 Å². The van der Waals surface area contributed by atoms with Crippen molar-refractivity contribution >= 4 is 0 Å². The van der Waals surface area contributed by atoms with Crippen LogP contribution in [0.4, 0.5) is 4.39 Å². The zero-order valence-electron chi connectivity index (χ0n) is 8.90. The second kappa shape index (κ2) is 6.99. The average Bonchev–Trinajstić information content (AvgIpc) is 2.30. The molecule has 0 aliphatic heterocycles. The van der Waals surface area contributed by atoms with Crippen LogP contribution in [0.25, 0.3) is 0 Å².